The number of fused-ring (bicyclic) bond motifs is 1. The molecule has 4 saturated carbocycles. The van der Waals surface area contributed by atoms with Crippen LogP contribution in [-0.4, -0.2) is 41.2 Å². The number of carbonyl (C=O) groups is 1. The Morgan fingerprint density at radius 1 is 1.21 bits per heavy atom. The Hall–Kier alpha value is -2.40. The molecule has 12 heteroatoms. The molecule has 4 aliphatic carbocycles. The summed E-state index contributed by atoms with van der Waals surface area (Å²) in [5.74, 6) is -0.164. The van der Waals surface area contributed by atoms with Gasteiger partial charge in [0.25, 0.3) is 5.91 Å². The summed E-state index contributed by atoms with van der Waals surface area (Å²) < 4.78 is 65.1. The lowest BCUT2D eigenvalue weighted by molar-refractivity contribution is -0.326. The molecule has 3 atom stereocenters. The van der Waals surface area contributed by atoms with Crippen molar-refractivity contribution in [2.45, 2.75) is 49.4 Å². The normalized spacial score (nSPS) is 30.1. The van der Waals surface area contributed by atoms with Crippen molar-refractivity contribution in [3.63, 3.8) is 0 Å². The van der Waals surface area contributed by atoms with Crippen LogP contribution in [0.4, 0.5) is 17.6 Å². The van der Waals surface area contributed by atoms with Gasteiger partial charge in [0.2, 0.25) is 11.8 Å². The first-order valence-electron chi connectivity index (χ1n) is 10.5. The summed E-state index contributed by atoms with van der Waals surface area (Å²) in [6.45, 7) is -0.677. The lowest BCUT2D eigenvalue weighted by atomic mass is 9.76. The molecule has 1 aromatic heterocycles. The van der Waals surface area contributed by atoms with Crippen LogP contribution in [0.5, 0.6) is 5.75 Å². The molecule has 2 aromatic rings. The molecule has 1 heterocycles. The molecule has 7 nitrogen and oxygen atoms in total. The summed E-state index contributed by atoms with van der Waals surface area (Å²) in [6, 6.07) is 3.95. The van der Waals surface area contributed by atoms with Gasteiger partial charge in [-0.25, -0.2) is 4.39 Å². The molecule has 0 spiro atoms. The minimum absolute atomic E-state index is 0.0125. The van der Waals surface area contributed by atoms with Gasteiger partial charge >= 0.3 is 6.36 Å². The van der Waals surface area contributed by atoms with Crippen LogP contribution in [0, 0.1) is 17.7 Å². The Morgan fingerprint density at radius 3 is 2.64 bits per heavy atom. The van der Waals surface area contributed by atoms with Crippen molar-refractivity contribution in [3.8, 4) is 5.75 Å². The fourth-order valence-corrected chi connectivity index (χ4v) is 5.07. The van der Waals surface area contributed by atoms with Crippen molar-refractivity contribution in [1.29, 1.82) is 0 Å². The topological polar surface area (TPSA) is 86.5 Å². The number of hydrogen-bond donors (Lipinski definition) is 1. The molecular formula is C21H20ClF4N3O4. The van der Waals surface area contributed by atoms with Crippen molar-refractivity contribution in [2.24, 2.45) is 11.8 Å². The zero-order chi connectivity index (χ0) is 23.4. The van der Waals surface area contributed by atoms with Crippen LogP contribution in [0.2, 0.25) is 5.02 Å². The first-order chi connectivity index (χ1) is 15.6. The minimum Gasteiger partial charge on any atom is -0.484 e. The Morgan fingerprint density at radius 2 is 1.94 bits per heavy atom. The van der Waals surface area contributed by atoms with Crippen LogP contribution >= 0.6 is 11.6 Å². The van der Waals surface area contributed by atoms with Crippen molar-refractivity contribution >= 4 is 17.5 Å². The summed E-state index contributed by atoms with van der Waals surface area (Å²) in [7, 11) is 0. The third kappa shape index (κ3) is 4.79. The van der Waals surface area contributed by atoms with Crippen LogP contribution in [0.3, 0.4) is 0 Å². The maximum Gasteiger partial charge on any atom is 0.522 e. The molecule has 4 fully saturated rings. The highest BCUT2D eigenvalue weighted by Gasteiger charge is 2.59. The van der Waals surface area contributed by atoms with E-state index in [4.69, 9.17) is 20.8 Å². The molecule has 1 aromatic carbocycles. The average Bonchev–Trinajstić information content (AvgIpc) is 3.04. The molecule has 178 valence electrons. The van der Waals surface area contributed by atoms with Gasteiger partial charge in [-0.05, 0) is 49.7 Å². The SMILES string of the molecule is O=C(COc1ccc(Cl)c(F)c1)NC12CC(C1)C(c1nnc([C@H]3C[C@@H]3COC(F)(F)F)o1)C2. The highest BCUT2D eigenvalue weighted by molar-refractivity contribution is 6.30. The van der Waals surface area contributed by atoms with E-state index in [0.717, 1.165) is 18.9 Å². The van der Waals surface area contributed by atoms with Gasteiger partial charge in [-0.1, -0.05) is 11.6 Å². The van der Waals surface area contributed by atoms with Crippen LogP contribution < -0.4 is 10.1 Å². The van der Waals surface area contributed by atoms with Gasteiger partial charge in [0.15, 0.2) is 6.61 Å². The fourth-order valence-electron chi connectivity index (χ4n) is 4.95. The Labute approximate surface area is 190 Å². The van der Waals surface area contributed by atoms with Crippen molar-refractivity contribution in [3.05, 3.63) is 40.8 Å². The zero-order valence-electron chi connectivity index (χ0n) is 17.2. The molecule has 1 N–H and O–H groups in total. The predicted octanol–water partition coefficient (Wildman–Crippen LogP) is 4.33. The van der Waals surface area contributed by atoms with Gasteiger partial charge in [0, 0.05) is 23.4 Å². The Balaban J connectivity index is 1.11. The van der Waals surface area contributed by atoms with E-state index in [1.807, 2.05) is 0 Å². The van der Waals surface area contributed by atoms with Crippen LogP contribution in [-0.2, 0) is 9.53 Å². The van der Waals surface area contributed by atoms with Gasteiger partial charge in [-0.3, -0.25) is 9.53 Å². The molecule has 4 aliphatic rings. The second-order valence-electron chi connectivity index (χ2n) is 9.01. The maximum atomic E-state index is 13.5. The van der Waals surface area contributed by atoms with Crippen molar-refractivity contribution in [2.75, 3.05) is 13.2 Å². The van der Waals surface area contributed by atoms with E-state index in [-0.39, 0.29) is 52.5 Å². The number of rotatable bonds is 8. The zero-order valence-corrected chi connectivity index (χ0v) is 18.0. The Kier molecular flexibility index (Phi) is 5.51. The number of benzene rings is 1. The standard InChI is InChI=1S/C21H20ClF4N3O4/c22-15-2-1-12(4-16(15)23)31-9-17(30)27-20-5-11(6-20)14(7-20)19-29-28-18(33-19)13-3-10(13)8-32-21(24,25)26/h1-2,4,10-11,13-14H,3,5-9H2,(H,27,30)/t10-,11?,13+,14?,20?/m1/s1. The van der Waals surface area contributed by atoms with E-state index in [9.17, 15) is 22.4 Å². The summed E-state index contributed by atoms with van der Waals surface area (Å²) in [6.07, 6.45) is -1.97. The number of ether oxygens (including phenoxy) is 2. The molecule has 2 bridgehead atoms. The van der Waals surface area contributed by atoms with Gasteiger partial charge in [-0.15, -0.1) is 23.4 Å². The lowest BCUT2D eigenvalue weighted by Gasteiger charge is -2.39. The molecule has 6 rings (SSSR count). The fraction of sp³-hybridized carbons (Fsp3) is 0.571. The van der Waals surface area contributed by atoms with Crippen LogP contribution in [0.25, 0.3) is 0 Å². The van der Waals surface area contributed by atoms with Crippen molar-refractivity contribution < 1.29 is 36.2 Å². The summed E-state index contributed by atoms with van der Waals surface area (Å²) in [4.78, 5) is 12.4. The first kappa shape index (κ1) is 22.4. The van der Waals surface area contributed by atoms with Gasteiger partial charge in [-0.2, -0.15) is 0 Å². The number of carbonyl (C=O) groups excluding carboxylic acids is 1. The highest BCUT2D eigenvalue weighted by Crippen LogP contribution is 2.59. The molecule has 33 heavy (non-hydrogen) atoms. The van der Waals surface area contributed by atoms with E-state index in [0.29, 0.717) is 24.6 Å². The second-order valence-corrected chi connectivity index (χ2v) is 9.42. The average molecular weight is 490 g/mol. The second kappa shape index (κ2) is 8.12. The summed E-state index contributed by atoms with van der Waals surface area (Å²) in [5, 5.41) is 11.1. The van der Waals surface area contributed by atoms with E-state index in [1.165, 1.54) is 12.1 Å². The number of nitrogens with zero attached hydrogens (tertiary/aromatic N) is 2. The molecule has 1 amide bonds. The Bertz CT molecular complexity index is 1060. The van der Waals surface area contributed by atoms with Crippen LogP contribution in [0.15, 0.2) is 22.6 Å². The first-order valence-corrected chi connectivity index (χ1v) is 10.9. The lowest BCUT2D eigenvalue weighted by Crippen LogP contribution is -2.53. The van der Waals surface area contributed by atoms with E-state index in [2.05, 4.69) is 20.3 Å². The van der Waals surface area contributed by atoms with E-state index < -0.39 is 18.8 Å². The van der Waals surface area contributed by atoms with Gasteiger partial charge < -0.3 is 14.5 Å². The minimum atomic E-state index is -4.65. The third-order valence-corrected chi connectivity index (χ3v) is 6.93. The third-order valence-electron chi connectivity index (χ3n) is 6.63. The summed E-state index contributed by atoms with van der Waals surface area (Å²) >= 11 is 5.63. The molecule has 0 radical (unpaired) electrons. The van der Waals surface area contributed by atoms with E-state index in [1.54, 1.807) is 0 Å². The highest BCUT2D eigenvalue weighted by atomic mass is 35.5. The van der Waals surface area contributed by atoms with Gasteiger partial charge in [0.1, 0.15) is 11.6 Å². The predicted molar refractivity (Wildman–Crippen MR) is 105 cm³/mol. The smallest absolute Gasteiger partial charge is 0.484 e. The van der Waals surface area contributed by atoms with Crippen LogP contribution in [0.1, 0.15) is 49.3 Å². The van der Waals surface area contributed by atoms with Crippen molar-refractivity contribution in [1.82, 2.24) is 15.5 Å². The van der Waals surface area contributed by atoms with Gasteiger partial charge in [0.05, 0.1) is 11.6 Å². The number of amides is 1. The monoisotopic (exact) mass is 489 g/mol. The number of hydrogen-bond acceptors (Lipinski definition) is 6. The number of aromatic nitrogens is 2. The maximum absolute atomic E-state index is 13.5. The molecule has 1 unspecified atom stereocenters. The summed E-state index contributed by atoms with van der Waals surface area (Å²) in [5.41, 5.74) is -0.377. The molecule has 0 saturated heterocycles. The van der Waals surface area contributed by atoms with E-state index >= 15 is 0 Å². The largest absolute Gasteiger partial charge is 0.522 e. The molecule has 0 aliphatic heterocycles. The number of alkyl halides is 3. The quantitative estimate of drug-likeness (QED) is 0.555. The molecular weight excluding hydrogens is 470 g/mol. The number of halogens is 5. The number of nitrogens with one attached hydrogen (secondary N) is 1.